The second-order valence-electron chi connectivity index (χ2n) is 7.14. The van der Waals surface area contributed by atoms with Gasteiger partial charge in [0.2, 0.25) is 11.8 Å². The Labute approximate surface area is 151 Å². The van der Waals surface area contributed by atoms with Crippen molar-refractivity contribution in [2.24, 2.45) is 7.05 Å². The van der Waals surface area contributed by atoms with Gasteiger partial charge in [-0.25, -0.2) is 9.36 Å². The third-order valence-electron chi connectivity index (χ3n) is 4.21. The van der Waals surface area contributed by atoms with Gasteiger partial charge in [0.15, 0.2) is 5.65 Å². The lowest BCUT2D eigenvalue weighted by atomic mass is 10.1. The van der Waals surface area contributed by atoms with Crippen LogP contribution in [0.2, 0.25) is 0 Å². The Kier molecular flexibility index (Phi) is 4.47. The number of ether oxygens (including phenoxy) is 1. The minimum Gasteiger partial charge on any atom is -0.481 e. The van der Waals surface area contributed by atoms with Crippen LogP contribution in [0.5, 0.6) is 5.88 Å². The van der Waals surface area contributed by atoms with Crippen molar-refractivity contribution in [1.29, 1.82) is 0 Å². The third-order valence-corrected chi connectivity index (χ3v) is 4.21. The van der Waals surface area contributed by atoms with Crippen LogP contribution in [0.4, 0.5) is 5.95 Å². The van der Waals surface area contributed by atoms with Gasteiger partial charge in [-0.3, -0.25) is 9.78 Å². The highest BCUT2D eigenvalue weighted by Gasteiger charge is 2.20. The van der Waals surface area contributed by atoms with Gasteiger partial charge in [0, 0.05) is 7.05 Å². The molecule has 0 spiro atoms. The number of nitrogens with one attached hydrogen (secondary N) is 2. The molecule has 0 fully saturated rings. The summed E-state index contributed by atoms with van der Waals surface area (Å²) in [4.78, 5) is 19.7. The smallest absolute Gasteiger partial charge is 0.263 e. The zero-order chi connectivity index (χ0) is 19.1. The van der Waals surface area contributed by atoms with Crippen molar-refractivity contribution in [1.82, 2.24) is 29.5 Å². The van der Waals surface area contributed by atoms with Crippen molar-refractivity contribution in [3.8, 4) is 5.88 Å². The average molecular weight is 359 g/mol. The lowest BCUT2D eigenvalue weighted by Crippen LogP contribution is -2.24. The van der Waals surface area contributed by atoms with Crippen LogP contribution in [0.25, 0.3) is 11.0 Å². The maximum atomic E-state index is 12.4. The monoisotopic (exact) mass is 359 g/mol. The zero-order valence-corrected chi connectivity index (χ0v) is 16.0. The lowest BCUT2D eigenvalue weighted by molar-refractivity contribution is 0.366. The lowest BCUT2D eigenvalue weighted by Gasteiger charge is -2.19. The number of aryl methyl sites for hydroxylation is 2. The van der Waals surface area contributed by atoms with Crippen molar-refractivity contribution in [2.45, 2.75) is 46.2 Å². The van der Waals surface area contributed by atoms with Gasteiger partial charge in [-0.05, 0) is 27.2 Å². The first kappa shape index (κ1) is 18.0. The number of fused-ring (bicyclic) bond motifs is 1. The molecule has 0 saturated carbocycles. The fourth-order valence-electron chi connectivity index (χ4n) is 2.99. The molecule has 0 aromatic carbocycles. The van der Waals surface area contributed by atoms with Crippen LogP contribution in [0.3, 0.4) is 0 Å². The Balaban J connectivity index is 1.97. The quantitative estimate of drug-likeness (QED) is 0.720. The van der Waals surface area contributed by atoms with Gasteiger partial charge >= 0.3 is 0 Å². The van der Waals surface area contributed by atoms with Crippen molar-refractivity contribution in [3.63, 3.8) is 0 Å². The van der Waals surface area contributed by atoms with Crippen LogP contribution in [0.15, 0.2) is 11.0 Å². The van der Waals surface area contributed by atoms with Gasteiger partial charge in [0.05, 0.1) is 36.6 Å². The number of anilines is 1. The predicted octanol–water partition coefficient (Wildman–Crippen LogP) is 1.79. The highest BCUT2D eigenvalue weighted by molar-refractivity contribution is 5.74. The molecule has 9 nitrogen and oxygen atoms in total. The third kappa shape index (κ3) is 3.04. The van der Waals surface area contributed by atoms with Crippen LogP contribution in [0, 0.1) is 0 Å². The van der Waals surface area contributed by atoms with E-state index in [1.54, 1.807) is 22.7 Å². The molecule has 140 valence electrons. The summed E-state index contributed by atoms with van der Waals surface area (Å²) in [5, 5.41) is 12.4. The van der Waals surface area contributed by atoms with E-state index in [0.29, 0.717) is 29.4 Å². The first-order chi connectivity index (χ1) is 12.3. The highest BCUT2D eigenvalue weighted by atomic mass is 16.5. The summed E-state index contributed by atoms with van der Waals surface area (Å²) in [6.07, 6.45) is 2.34. The molecule has 26 heavy (non-hydrogen) atoms. The van der Waals surface area contributed by atoms with Gasteiger partial charge in [-0.1, -0.05) is 6.92 Å². The summed E-state index contributed by atoms with van der Waals surface area (Å²) < 4.78 is 8.91. The Morgan fingerprint density at radius 2 is 2.08 bits per heavy atom. The molecule has 0 bridgehead atoms. The van der Waals surface area contributed by atoms with E-state index in [0.717, 1.165) is 17.7 Å². The fourth-order valence-corrected chi connectivity index (χ4v) is 2.99. The SMILES string of the molecule is CCc1nn(C)c(OC)c1CNc1nc2c(cnn2C(C)(C)C)c(=O)[nH]1. The molecule has 0 radical (unpaired) electrons. The predicted molar refractivity (Wildman–Crippen MR) is 99.6 cm³/mol. The summed E-state index contributed by atoms with van der Waals surface area (Å²) in [6, 6.07) is 0. The van der Waals surface area contributed by atoms with Crippen molar-refractivity contribution < 1.29 is 4.74 Å². The van der Waals surface area contributed by atoms with E-state index in [4.69, 9.17) is 4.74 Å². The van der Waals surface area contributed by atoms with E-state index in [1.165, 1.54) is 0 Å². The minimum atomic E-state index is -0.276. The Hall–Kier alpha value is -2.84. The van der Waals surface area contributed by atoms with E-state index >= 15 is 0 Å². The first-order valence-electron chi connectivity index (χ1n) is 8.57. The molecular formula is C17H25N7O2. The molecule has 3 aromatic rings. The van der Waals surface area contributed by atoms with Crippen LogP contribution in [-0.2, 0) is 25.6 Å². The number of rotatable bonds is 5. The number of aromatic nitrogens is 6. The normalized spacial score (nSPS) is 11.9. The number of nitrogens with zero attached hydrogens (tertiary/aromatic N) is 5. The molecule has 3 rings (SSSR count). The number of methoxy groups -OCH3 is 1. The molecule has 2 N–H and O–H groups in total. The Morgan fingerprint density at radius 3 is 2.69 bits per heavy atom. The number of H-pyrrole nitrogens is 1. The molecule has 0 saturated heterocycles. The molecule has 9 heteroatoms. The van der Waals surface area contributed by atoms with Crippen LogP contribution in [-0.4, -0.2) is 36.6 Å². The number of hydrogen-bond donors (Lipinski definition) is 2. The second kappa shape index (κ2) is 6.47. The minimum absolute atomic E-state index is 0.220. The van der Waals surface area contributed by atoms with Gasteiger partial charge in [-0.2, -0.15) is 15.2 Å². The van der Waals surface area contributed by atoms with Crippen LogP contribution in [0.1, 0.15) is 39.0 Å². The molecule has 3 aromatic heterocycles. The van der Waals surface area contributed by atoms with Gasteiger partial charge in [0.25, 0.3) is 5.56 Å². The number of hydrogen-bond acceptors (Lipinski definition) is 6. The number of aromatic amines is 1. The standard InChI is InChI=1S/C17H25N7O2/c1-7-12-10(15(26-6)23(5)22-12)8-18-16-20-13-11(14(25)21-16)9-19-24(13)17(2,3)4/h9H,7-8H2,1-6H3,(H2,18,20,21,25). The summed E-state index contributed by atoms with van der Waals surface area (Å²) in [6.45, 7) is 8.54. The molecule has 0 amide bonds. The van der Waals surface area contributed by atoms with Crippen molar-refractivity contribution in [2.75, 3.05) is 12.4 Å². The molecule has 0 aliphatic heterocycles. The molecule has 0 aliphatic carbocycles. The van der Waals surface area contributed by atoms with Crippen LogP contribution < -0.4 is 15.6 Å². The summed E-state index contributed by atoms with van der Waals surface area (Å²) in [5.41, 5.74) is 1.95. The summed E-state index contributed by atoms with van der Waals surface area (Å²) in [7, 11) is 3.46. The van der Waals surface area contributed by atoms with Crippen LogP contribution >= 0.6 is 0 Å². The van der Waals surface area contributed by atoms with E-state index < -0.39 is 0 Å². The fraction of sp³-hybridized carbons (Fsp3) is 0.529. The Morgan fingerprint density at radius 1 is 1.35 bits per heavy atom. The Bertz CT molecular complexity index is 991. The second-order valence-corrected chi connectivity index (χ2v) is 7.14. The van der Waals surface area contributed by atoms with Crippen molar-refractivity contribution >= 4 is 17.0 Å². The highest BCUT2D eigenvalue weighted by Crippen LogP contribution is 2.23. The maximum Gasteiger partial charge on any atom is 0.263 e. The topological polar surface area (TPSA) is 103 Å². The van der Waals surface area contributed by atoms with E-state index in [2.05, 4.69) is 25.5 Å². The molecule has 0 unspecified atom stereocenters. The molecule has 3 heterocycles. The van der Waals surface area contributed by atoms with Gasteiger partial charge in [0.1, 0.15) is 5.39 Å². The molecule has 0 aliphatic rings. The average Bonchev–Trinajstić information content (AvgIpc) is 3.13. The largest absolute Gasteiger partial charge is 0.481 e. The summed E-state index contributed by atoms with van der Waals surface area (Å²) >= 11 is 0. The van der Waals surface area contributed by atoms with E-state index in [-0.39, 0.29) is 11.1 Å². The van der Waals surface area contributed by atoms with E-state index in [9.17, 15) is 4.79 Å². The van der Waals surface area contributed by atoms with E-state index in [1.807, 2.05) is 34.7 Å². The van der Waals surface area contributed by atoms with Crippen molar-refractivity contribution in [3.05, 3.63) is 27.8 Å². The maximum absolute atomic E-state index is 12.4. The summed E-state index contributed by atoms with van der Waals surface area (Å²) in [5.74, 6) is 1.08. The first-order valence-corrected chi connectivity index (χ1v) is 8.57. The molecular weight excluding hydrogens is 334 g/mol. The molecule has 0 atom stereocenters. The van der Waals surface area contributed by atoms with Gasteiger partial charge < -0.3 is 10.1 Å². The zero-order valence-electron chi connectivity index (χ0n) is 16.0. The van der Waals surface area contributed by atoms with Gasteiger partial charge in [-0.15, -0.1) is 0 Å².